The number of aryl methyl sites for hydroxylation is 1. The average Bonchev–Trinajstić information content (AvgIpc) is 3.77. The number of carbonyl (C=O) groups excluding carboxylic acids is 2. The minimum absolute atomic E-state index is 0.0366. The van der Waals surface area contributed by atoms with Crippen LogP contribution in [0.3, 0.4) is 0 Å². The fourth-order valence-corrected chi connectivity index (χ4v) is 7.69. The predicted octanol–water partition coefficient (Wildman–Crippen LogP) is 5.02. The third kappa shape index (κ3) is 8.75. The van der Waals surface area contributed by atoms with Gasteiger partial charge in [0.15, 0.2) is 0 Å². The number of hydrogen-bond donors (Lipinski definition) is 2. The molecule has 11 nitrogen and oxygen atoms in total. The van der Waals surface area contributed by atoms with Crippen LogP contribution in [0.2, 0.25) is 0 Å². The van der Waals surface area contributed by atoms with Gasteiger partial charge in [-0.1, -0.05) is 50.2 Å². The van der Waals surface area contributed by atoms with E-state index in [1.807, 2.05) is 51.1 Å². The third-order valence-corrected chi connectivity index (χ3v) is 10.4. The number of benzene rings is 3. The summed E-state index contributed by atoms with van der Waals surface area (Å²) in [6, 6.07) is 20.8. The Morgan fingerprint density at radius 2 is 1.76 bits per heavy atom. The summed E-state index contributed by atoms with van der Waals surface area (Å²) in [7, 11) is -2.49. The Morgan fingerprint density at radius 3 is 2.41 bits per heavy atom. The summed E-state index contributed by atoms with van der Waals surface area (Å²) in [6.07, 6.45) is 2.08. The largest absolute Gasteiger partial charge is 0.497 e. The van der Waals surface area contributed by atoms with Crippen molar-refractivity contribution >= 4 is 21.8 Å². The van der Waals surface area contributed by atoms with Crippen LogP contribution in [0.15, 0.2) is 94.4 Å². The number of methoxy groups -OCH3 is 1. The summed E-state index contributed by atoms with van der Waals surface area (Å²) in [5.41, 5.74) is 2.18. The van der Waals surface area contributed by atoms with Crippen LogP contribution in [-0.2, 0) is 16.4 Å². The minimum atomic E-state index is -4.00. The monoisotopic (exact) mass is 688 g/mol. The molecule has 2 heterocycles. The SMILES string of the molecule is COc1ccc(S(=O)(=O)N(CC(C)C)C[C@@H](O)[C@H](Cc2ccccc2)NC(=O)c2cccc(C(=O)N3CCC[C@@H]3c3nc(C)co3)c2)cc1. The van der Waals surface area contributed by atoms with E-state index >= 15 is 0 Å². The maximum atomic E-state index is 13.8. The van der Waals surface area contributed by atoms with Gasteiger partial charge in [0.2, 0.25) is 15.9 Å². The van der Waals surface area contributed by atoms with E-state index in [1.165, 1.54) is 23.5 Å². The average molecular weight is 689 g/mol. The molecule has 0 saturated carbocycles. The van der Waals surface area contributed by atoms with Crippen molar-refractivity contribution in [3.8, 4) is 5.75 Å². The van der Waals surface area contributed by atoms with Gasteiger partial charge in [0.1, 0.15) is 18.1 Å². The molecule has 3 aromatic carbocycles. The van der Waals surface area contributed by atoms with Crippen LogP contribution in [0.25, 0.3) is 0 Å². The first-order valence-electron chi connectivity index (χ1n) is 16.5. The van der Waals surface area contributed by atoms with E-state index in [4.69, 9.17) is 9.15 Å². The number of aliphatic hydroxyl groups excluding tert-OH is 1. The maximum absolute atomic E-state index is 13.8. The minimum Gasteiger partial charge on any atom is -0.497 e. The molecule has 0 spiro atoms. The molecule has 1 aliphatic heterocycles. The Balaban J connectivity index is 1.37. The van der Waals surface area contributed by atoms with E-state index in [1.54, 1.807) is 47.6 Å². The molecule has 2 amide bonds. The molecule has 0 bridgehead atoms. The van der Waals surface area contributed by atoms with Gasteiger partial charge in [0, 0.05) is 30.8 Å². The van der Waals surface area contributed by atoms with Gasteiger partial charge in [-0.15, -0.1) is 0 Å². The highest BCUT2D eigenvalue weighted by Crippen LogP contribution is 2.33. The van der Waals surface area contributed by atoms with E-state index in [2.05, 4.69) is 10.3 Å². The van der Waals surface area contributed by atoms with Crippen LogP contribution in [0.5, 0.6) is 5.75 Å². The Hall–Kier alpha value is -4.52. The van der Waals surface area contributed by atoms with Gasteiger partial charge in [0.05, 0.1) is 29.8 Å². The topological polar surface area (TPSA) is 142 Å². The highest BCUT2D eigenvalue weighted by molar-refractivity contribution is 7.89. The lowest BCUT2D eigenvalue weighted by Crippen LogP contribution is -2.51. The van der Waals surface area contributed by atoms with Crippen molar-refractivity contribution in [2.45, 2.75) is 63.1 Å². The lowest BCUT2D eigenvalue weighted by Gasteiger charge is -2.31. The zero-order valence-corrected chi connectivity index (χ0v) is 29.1. The number of hydrogen-bond acceptors (Lipinski definition) is 8. The molecule has 3 atom stereocenters. The Morgan fingerprint density at radius 1 is 1.04 bits per heavy atom. The first-order chi connectivity index (χ1) is 23.5. The van der Waals surface area contributed by atoms with Crippen molar-refractivity contribution in [3.05, 3.63) is 113 Å². The third-order valence-electron chi connectivity index (χ3n) is 8.54. The number of amides is 2. The molecule has 0 radical (unpaired) electrons. The first-order valence-corrected chi connectivity index (χ1v) is 17.9. The summed E-state index contributed by atoms with van der Waals surface area (Å²) in [4.78, 5) is 33.6. The van der Waals surface area contributed by atoms with Gasteiger partial charge in [-0.05, 0) is 80.1 Å². The number of ether oxygens (including phenoxy) is 1. The summed E-state index contributed by atoms with van der Waals surface area (Å²) in [5.74, 6) is 0.253. The first kappa shape index (κ1) is 35.8. The second-order valence-electron chi connectivity index (χ2n) is 12.8. The fraction of sp³-hybridized carbons (Fsp3) is 0.378. The molecule has 1 fully saturated rings. The van der Waals surface area contributed by atoms with Gasteiger partial charge in [0.25, 0.3) is 11.8 Å². The van der Waals surface area contributed by atoms with Crippen molar-refractivity contribution < 1.29 is 32.3 Å². The summed E-state index contributed by atoms with van der Waals surface area (Å²) >= 11 is 0. The van der Waals surface area contributed by atoms with Crippen LogP contribution >= 0.6 is 0 Å². The van der Waals surface area contributed by atoms with Crippen LogP contribution in [0.1, 0.15) is 70.6 Å². The zero-order valence-electron chi connectivity index (χ0n) is 28.3. The van der Waals surface area contributed by atoms with Crippen LogP contribution in [0, 0.1) is 12.8 Å². The van der Waals surface area contributed by atoms with Crippen LogP contribution in [-0.4, -0.2) is 78.4 Å². The summed E-state index contributed by atoms with van der Waals surface area (Å²) < 4.78 is 39.6. The van der Waals surface area contributed by atoms with Gasteiger partial charge < -0.3 is 24.5 Å². The Bertz CT molecular complexity index is 1830. The molecule has 1 saturated heterocycles. The number of sulfonamides is 1. The lowest BCUT2D eigenvalue weighted by atomic mass is 10.00. The quantitative estimate of drug-likeness (QED) is 0.188. The van der Waals surface area contributed by atoms with Crippen molar-refractivity contribution in [2.24, 2.45) is 5.92 Å². The zero-order chi connectivity index (χ0) is 35.1. The summed E-state index contributed by atoms with van der Waals surface area (Å²) in [6.45, 7) is 6.08. The number of aromatic nitrogens is 1. The molecular weight excluding hydrogens is 644 g/mol. The van der Waals surface area contributed by atoms with E-state index in [0.29, 0.717) is 23.7 Å². The number of carbonyl (C=O) groups is 2. The van der Waals surface area contributed by atoms with E-state index in [-0.39, 0.29) is 47.8 Å². The van der Waals surface area contributed by atoms with Crippen LogP contribution in [0.4, 0.5) is 0 Å². The van der Waals surface area contributed by atoms with E-state index in [0.717, 1.165) is 24.1 Å². The lowest BCUT2D eigenvalue weighted by molar-refractivity contribution is 0.0715. The molecule has 4 aromatic rings. The second kappa shape index (κ2) is 15.8. The molecule has 0 unspecified atom stereocenters. The number of nitrogens with zero attached hydrogens (tertiary/aromatic N) is 3. The van der Waals surface area contributed by atoms with E-state index < -0.39 is 28.1 Å². The highest BCUT2D eigenvalue weighted by Gasteiger charge is 2.35. The number of oxazole rings is 1. The highest BCUT2D eigenvalue weighted by atomic mass is 32.2. The Kier molecular flexibility index (Phi) is 11.5. The maximum Gasteiger partial charge on any atom is 0.254 e. The molecule has 5 rings (SSSR count). The number of rotatable bonds is 14. The normalized spacial score (nSPS) is 16.1. The molecule has 49 heavy (non-hydrogen) atoms. The number of likely N-dealkylation sites (tertiary alicyclic amines) is 1. The fourth-order valence-electron chi connectivity index (χ4n) is 6.06. The number of aliphatic hydroxyl groups is 1. The smallest absolute Gasteiger partial charge is 0.254 e. The summed E-state index contributed by atoms with van der Waals surface area (Å²) in [5, 5.41) is 14.6. The molecule has 260 valence electrons. The van der Waals surface area contributed by atoms with Crippen LogP contribution < -0.4 is 10.1 Å². The molecule has 1 aromatic heterocycles. The molecule has 0 aliphatic carbocycles. The molecule has 2 N–H and O–H groups in total. The molecule has 12 heteroatoms. The van der Waals surface area contributed by atoms with Gasteiger partial charge in [-0.3, -0.25) is 9.59 Å². The van der Waals surface area contributed by atoms with E-state index in [9.17, 15) is 23.1 Å². The Labute approximate surface area is 288 Å². The molecular formula is C37H44N4O7S. The van der Waals surface area contributed by atoms with Gasteiger partial charge in [-0.25, -0.2) is 13.4 Å². The number of nitrogens with one attached hydrogen (secondary N) is 1. The van der Waals surface area contributed by atoms with Gasteiger partial charge in [-0.2, -0.15) is 4.31 Å². The van der Waals surface area contributed by atoms with Crippen molar-refractivity contribution in [3.63, 3.8) is 0 Å². The van der Waals surface area contributed by atoms with Crippen molar-refractivity contribution in [1.82, 2.24) is 19.5 Å². The van der Waals surface area contributed by atoms with Crippen molar-refractivity contribution in [1.29, 1.82) is 0 Å². The predicted molar refractivity (Wildman–Crippen MR) is 185 cm³/mol. The molecule has 1 aliphatic rings. The van der Waals surface area contributed by atoms with Crippen molar-refractivity contribution in [2.75, 3.05) is 26.7 Å². The second-order valence-corrected chi connectivity index (χ2v) is 14.7. The van der Waals surface area contributed by atoms with Gasteiger partial charge >= 0.3 is 0 Å². The standard InChI is InChI=1S/C37H44N4O7S/c1-25(2)22-40(49(45,46)31-17-15-30(47-4)16-18-31)23-34(42)32(20-27-10-6-5-7-11-27)39-35(43)28-12-8-13-29(21-28)37(44)41-19-9-14-33(41)36-38-26(3)24-48-36/h5-8,10-13,15-18,21,24-25,32-34,42H,9,14,19-20,22-23H2,1-4H3,(H,39,43)/t32-,33+,34+/m0/s1.